The molecule has 1 spiro atoms. The predicted molar refractivity (Wildman–Crippen MR) is 319 cm³/mol. The van der Waals surface area contributed by atoms with Crippen molar-refractivity contribution >= 4 is 43.6 Å². The molecule has 0 saturated carbocycles. The van der Waals surface area contributed by atoms with Gasteiger partial charge in [-0.25, -0.2) is 0 Å². The second-order valence-corrected chi connectivity index (χ2v) is 21.1. The summed E-state index contributed by atoms with van der Waals surface area (Å²) in [5.41, 5.74) is 26.7. The molecule has 3 nitrogen and oxygen atoms in total. The van der Waals surface area contributed by atoms with Crippen molar-refractivity contribution in [2.75, 3.05) is 0 Å². The molecule has 4 heteroatoms. The summed E-state index contributed by atoms with van der Waals surface area (Å²) in [5.74, 6) is 0. The Morgan fingerprint density at radius 1 is 0.346 bits per heavy atom. The zero-order valence-corrected chi connectivity index (χ0v) is 44.9. The van der Waals surface area contributed by atoms with Gasteiger partial charge in [-0.3, -0.25) is 0 Å². The van der Waals surface area contributed by atoms with E-state index in [1.165, 1.54) is 122 Å². The van der Waals surface area contributed by atoms with Crippen LogP contribution in [0, 0.1) is 6.07 Å². The van der Waals surface area contributed by atoms with E-state index in [0.717, 1.165) is 35.5 Å². The number of benzene rings is 11. The summed E-state index contributed by atoms with van der Waals surface area (Å²) in [5, 5.41) is 5.06. The van der Waals surface area contributed by atoms with Crippen LogP contribution in [0.2, 0.25) is 0 Å². The molecule has 0 atom stereocenters. The second kappa shape index (κ2) is 18.2. The van der Waals surface area contributed by atoms with E-state index in [1.54, 1.807) is 0 Å². The number of aromatic nitrogens is 3. The van der Waals surface area contributed by atoms with Crippen LogP contribution < -0.4 is 0 Å². The average molecular weight is 1170 g/mol. The fourth-order valence-electron chi connectivity index (χ4n) is 13.3. The maximum absolute atomic E-state index is 4.66. The molecule has 14 aromatic rings. The first-order chi connectivity index (χ1) is 38.1. The summed E-state index contributed by atoms with van der Waals surface area (Å²) in [6.07, 6.45) is 3.77. The van der Waals surface area contributed by atoms with Gasteiger partial charge in [0.2, 0.25) is 0 Å². The number of fused-ring (bicyclic) bond motifs is 12. The van der Waals surface area contributed by atoms with Gasteiger partial charge in [-0.2, -0.15) is 0 Å². The maximum Gasteiger partial charge on any atom is 0.0541 e. The van der Waals surface area contributed by atoms with Crippen LogP contribution in [0.5, 0.6) is 0 Å². The molecule has 0 aliphatic heterocycles. The van der Waals surface area contributed by atoms with Gasteiger partial charge in [0.05, 0.1) is 22.1 Å². The largest absolute Gasteiger partial charge is 0.309 e. The minimum Gasteiger partial charge on any atom is -0.309 e. The van der Waals surface area contributed by atoms with Gasteiger partial charge in [0.1, 0.15) is 0 Å². The summed E-state index contributed by atoms with van der Waals surface area (Å²) in [6.45, 7) is 0. The molecule has 3 aromatic heterocycles. The molecule has 2 aliphatic rings. The van der Waals surface area contributed by atoms with E-state index >= 15 is 0 Å². The monoisotopic (exact) mass is 1170 g/mol. The minimum atomic E-state index is -0.211. The Morgan fingerprint density at radius 3 is 1.21 bits per heavy atom. The molecule has 0 unspecified atom stereocenters. The molecule has 0 bridgehead atoms. The molecular formula is C74H48IrN3-. The van der Waals surface area contributed by atoms with Crippen LogP contribution in [0.15, 0.2) is 267 Å². The topological polar surface area (TPSA) is 22.8 Å². The van der Waals surface area contributed by atoms with Crippen molar-refractivity contribution in [1.82, 2.24) is 14.1 Å². The summed E-state index contributed by atoms with van der Waals surface area (Å²) in [7, 11) is 0. The number of hydrogen-bond donors (Lipinski definition) is 0. The summed E-state index contributed by atoms with van der Waals surface area (Å²) in [6, 6.07) is 100. The minimum absolute atomic E-state index is 0. The van der Waals surface area contributed by atoms with Gasteiger partial charge in [0.15, 0.2) is 0 Å². The SMILES string of the molecule is [Ir].[c-]1ccc(-c2ccc3c(c2)C2(Cc4ccccc4C2)c2cc(-c4cc(-c5ccc(-n6c7ccccc7c7ccccc76)cc5)cc(-c5ccc(-n6c7ccccc7c7ccccc76)cc5)c4)ccc2-3)cc1-c1ccccn1. The van der Waals surface area contributed by atoms with Crippen molar-refractivity contribution in [3.8, 4) is 78.3 Å². The molecular weight excluding hydrogens is 1120 g/mol. The molecule has 1 radical (unpaired) electrons. The Labute approximate surface area is 466 Å². The number of hydrogen-bond acceptors (Lipinski definition) is 1. The van der Waals surface area contributed by atoms with Crippen LogP contribution in [0.3, 0.4) is 0 Å². The van der Waals surface area contributed by atoms with Crippen molar-refractivity contribution in [2.24, 2.45) is 0 Å². The second-order valence-electron chi connectivity index (χ2n) is 21.1. The molecule has 78 heavy (non-hydrogen) atoms. The van der Waals surface area contributed by atoms with E-state index in [9.17, 15) is 0 Å². The smallest absolute Gasteiger partial charge is 0.0541 e. The normalized spacial score (nSPS) is 13.0. The van der Waals surface area contributed by atoms with Gasteiger partial charge in [-0.05, 0) is 170 Å². The fraction of sp³-hybridized carbons (Fsp3) is 0.0405. The van der Waals surface area contributed by atoms with Crippen molar-refractivity contribution in [3.05, 3.63) is 295 Å². The van der Waals surface area contributed by atoms with Crippen LogP contribution in [-0.4, -0.2) is 14.1 Å². The van der Waals surface area contributed by atoms with E-state index < -0.39 is 0 Å². The molecule has 0 saturated heterocycles. The third kappa shape index (κ3) is 7.25. The Kier molecular flexibility index (Phi) is 10.8. The van der Waals surface area contributed by atoms with Crippen LogP contribution in [0.25, 0.3) is 122 Å². The zero-order valence-electron chi connectivity index (χ0n) is 42.5. The summed E-state index contributed by atoms with van der Waals surface area (Å²) in [4.78, 5) is 4.66. The number of nitrogens with zero attached hydrogens (tertiary/aromatic N) is 3. The fourth-order valence-corrected chi connectivity index (χ4v) is 13.3. The molecule has 369 valence electrons. The first-order valence-corrected chi connectivity index (χ1v) is 26.8. The number of pyridine rings is 1. The molecule has 11 aromatic carbocycles. The Balaban J connectivity index is 0.00000529. The summed E-state index contributed by atoms with van der Waals surface area (Å²) >= 11 is 0. The molecule has 2 aliphatic carbocycles. The standard InChI is InChI=1S/C74H48N3.Ir/c1-2-15-55-47-74(46-54(55)14-1)67-44-51(50-16-13-17-53(40-50)69-22-11-12-39-75-69)31-37-61(67)62-38-32-52(45-68(62)74)58-42-56(48-27-33-59(34-28-48)76-70-23-7-3-18-63(70)64-19-4-8-24-71(64)76)41-57(43-58)49-29-35-60(36-30-49)77-72-25-9-5-20-65(72)66-21-6-10-26-73(66)77;/h1-16,18-45H,46-47H2;/q-1;. The van der Waals surface area contributed by atoms with Gasteiger partial charge in [-0.1, -0.05) is 164 Å². The average Bonchev–Trinajstić information content (AvgIpc) is 4.05. The van der Waals surface area contributed by atoms with Gasteiger partial charge in [0.25, 0.3) is 0 Å². The van der Waals surface area contributed by atoms with Crippen molar-refractivity contribution in [2.45, 2.75) is 18.3 Å². The van der Waals surface area contributed by atoms with E-state index in [4.69, 9.17) is 0 Å². The predicted octanol–water partition coefficient (Wildman–Crippen LogP) is 18.5. The third-order valence-electron chi connectivity index (χ3n) is 16.9. The Morgan fingerprint density at radius 2 is 0.744 bits per heavy atom. The van der Waals surface area contributed by atoms with Crippen molar-refractivity contribution < 1.29 is 20.1 Å². The molecule has 0 fully saturated rings. The van der Waals surface area contributed by atoms with E-state index in [0.29, 0.717) is 0 Å². The molecule has 0 N–H and O–H groups in total. The van der Waals surface area contributed by atoms with Crippen LogP contribution in [0.4, 0.5) is 0 Å². The van der Waals surface area contributed by atoms with E-state index in [-0.39, 0.29) is 25.5 Å². The Hall–Kier alpha value is -9.18. The molecule has 3 heterocycles. The van der Waals surface area contributed by atoms with Gasteiger partial charge in [0, 0.05) is 64.6 Å². The number of para-hydroxylation sites is 4. The van der Waals surface area contributed by atoms with Crippen LogP contribution in [0.1, 0.15) is 22.3 Å². The first kappa shape index (κ1) is 46.1. The van der Waals surface area contributed by atoms with E-state index in [2.05, 4.69) is 263 Å². The van der Waals surface area contributed by atoms with Crippen LogP contribution >= 0.6 is 0 Å². The summed E-state index contributed by atoms with van der Waals surface area (Å²) < 4.78 is 4.80. The van der Waals surface area contributed by atoms with Gasteiger partial charge < -0.3 is 14.1 Å². The van der Waals surface area contributed by atoms with Gasteiger partial charge in [-0.15, -0.1) is 35.4 Å². The van der Waals surface area contributed by atoms with Gasteiger partial charge >= 0.3 is 0 Å². The molecule has 16 rings (SSSR count). The molecule has 0 amide bonds. The van der Waals surface area contributed by atoms with Crippen LogP contribution in [-0.2, 0) is 38.4 Å². The third-order valence-corrected chi connectivity index (χ3v) is 16.9. The van der Waals surface area contributed by atoms with Crippen molar-refractivity contribution in [3.63, 3.8) is 0 Å². The van der Waals surface area contributed by atoms with E-state index in [1.807, 2.05) is 24.4 Å². The zero-order chi connectivity index (χ0) is 50.6. The Bertz CT molecular complexity index is 4370. The van der Waals surface area contributed by atoms with Crippen molar-refractivity contribution in [1.29, 1.82) is 0 Å². The quantitative estimate of drug-likeness (QED) is 0.146. The maximum atomic E-state index is 4.66. The first-order valence-electron chi connectivity index (χ1n) is 26.8. The number of rotatable bonds is 7.